The fraction of sp³-hybridized carbons (Fsp3) is 0.385. The summed E-state index contributed by atoms with van der Waals surface area (Å²) in [5, 5.41) is 13.3. The zero-order chi connectivity index (χ0) is 13.0. The summed E-state index contributed by atoms with van der Waals surface area (Å²) in [7, 11) is 0. The molecule has 0 atom stereocenters. The zero-order valence-electron chi connectivity index (χ0n) is 10.6. The lowest BCUT2D eigenvalue weighted by atomic mass is 10.2. The van der Waals surface area contributed by atoms with Crippen LogP contribution >= 0.6 is 0 Å². The molecule has 96 valence electrons. The van der Waals surface area contributed by atoms with E-state index in [1.165, 1.54) is 0 Å². The summed E-state index contributed by atoms with van der Waals surface area (Å²) in [5.41, 5.74) is 1.71. The van der Waals surface area contributed by atoms with Gasteiger partial charge in [0.1, 0.15) is 0 Å². The quantitative estimate of drug-likeness (QED) is 0.879. The topological polar surface area (TPSA) is 60.2 Å². The van der Waals surface area contributed by atoms with Crippen molar-refractivity contribution in [2.75, 3.05) is 0 Å². The van der Waals surface area contributed by atoms with E-state index in [1.54, 1.807) is 16.9 Å². The summed E-state index contributed by atoms with van der Waals surface area (Å²) in [4.78, 5) is 4.36. The van der Waals surface area contributed by atoms with Crippen molar-refractivity contribution in [3.63, 3.8) is 0 Å². The van der Waals surface area contributed by atoms with Gasteiger partial charge in [0.2, 0.25) is 5.88 Å². The van der Waals surface area contributed by atoms with Crippen LogP contribution in [0.3, 0.4) is 0 Å². The largest absolute Gasteiger partial charge is 0.436 e. The Bertz CT molecular complexity index is 500. The number of pyridine rings is 1. The van der Waals surface area contributed by atoms with Crippen LogP contribution in [-0.2, 0) is 19.6 Å². The molecule has 2 aromatic heterocycles. The monoisotopic (exact) mass is 247 g/mol. The molecule has 0 aliphatic heterocycles. The molecule has 0 saturated carbocycles. The second-order valence-corrected chi connectivity index (χ2v) is 3.95. The van der Waals surface area contributed by atoms with Gasteiger partial charge in [-0.1, -0.05) is 6.92 Å². The molecular weight excluding hydrogens is 230 g/mol. The van der Waals surface area contributed by atoms with Crippen molar-refractivity contribution >= 4 is 0 Å². The highest BCUT2D eigenvalue weighted by Gasteiger charge is 2.05. The van der Waals surface area contributed by atoms with E-state index < -0.39 is 0 Å². The second kappa shape index (κ2) is 5.64. The minimum absolute atomic E-state index is 0.0138. The van der Waals surface area contributed by atoms with Crippen LogP contribution in [0.25, 0.3) is 0 Å². The molecule has 2 rings (SSSR count). The Kier molecular flexibility index (Phi) is 3.94. The molecule has 0 radical (unpaired) electrons. The number of aryl methyl sites for hydroxylation is 2. The third-order valence-corrected chi connectivity index (χ3v) is 2.62. The summed E-state index contributed by atoms with van der Waals surface area (Å²) in [6.45, 7) is 4.81. The Morgan fingerprint density at radius 1 is 1.33 bits per heavy atom. The van der Waals surface area contributed by atoms with E-state index in [4.69, 9.17) is 4.74 Å². The Morgan fingerprint density at radius 2 is 2.17 bits per heavy atom. The number of aliphatic hydroxyl groups excluding tert-OH is 1. The van der Waals surface area contributed by atoms with Crippen LogP contribution in [-0.4, -0.2) is 19.9 Å². The van der Waals surface area contributed by atoms with Crippen LogP contribution < -0.4 is 4.74 Å². The average molecular weight is 247 g/mol. The van der Waals surface area contributed by atoms with Crippen molar-refractivity contribution in [2.24, 2.45) is 0 Å². The lowest BCUT2D eigenvalue weighted by molar-refractivity contribution is 0.281. The van der Waals surface area contributed by atoms with E-state index in [0.717, 1.165) is 24.2 Å². The number of hydrogen-bond acceptors (Lipinski definition) is 4. The molecule has 0 spiro atoms. The van der Waals surface area contributed by atoms with Crippen molar-refractivity contribution in [1.29, 1.82) is 0 Å². The first-order valence-corrected chi connectivity index (χ1v) is 6.06. The molecule has 2 aromatic rings. The molecule has 5 heteroatoms. The molecule has 0 unspecified atom stereocenters. The highest BCUT2D eigenvalue weighted by atomic mass is 16.5. The summed E-state index contributed by atoms with van der Waals surface area (Å²) >= 11 is 0. The fourth-order valence-electron chi connectivity index (χ4n) is 1.64. The van der Waals surface area contributed by atoms with Gasteiger partial charge in [-0.25, -0.2) is 4.98 Å². The summed E-state index contributed by atoms with van der Waals surface area (Å²) in [6, 6.07) is 3.62. The van der Waals surface area contributed by atoms with Crippen LogP contribution in [0.5, 0.6) is 11.6 Å². The number of ether oxygens (including phenoxy) is 1. The van der Waals surface area contributed by atoms with Crippen molar-refractivity contribution in [2.45, 2.75) is 33.4 Å². The van der Waals surface area contributed by atoms with Crippen LogP contribution in [0.1, 0.15) is 25.1 Å². The van der Waals surface area contributed by atoms with Crippen LogP contribution in [0.2, 0.25) is 0 Å². The number of nitrogens with zero attached hydrogens (tertiary/aromatic N) is 3. The molecule has 0 fully saturated rings. The van der Waals surface area contributed by atoms with Gasteiger partial charge in [0, 0.05) is 18.3 Å². The Hall–Kier alpha value is -1.88. The lowest BCUT2D eigenvalue weighted by Crippen LogP contribution is -1.96. The SMILES string of the molecule is CCc1cc(CO)cc(Oc2cnn(CC)c2)n1. The zero-order valence-corrected chi connectivity index (χ0v) is 10.6. The molecule has 0 aliphatic carbocycles. The standard InChI is InChI=1S/C13H17N3O2/c1-3-11-5-10(9-17)6-13(15-11)18-12-7-14-16(4-2)8-12/h5-8,17H,3-4,9H2,1-2H3. The van der Waals surface area contributed by atoms with Crippen molar-refractivity contribution < 1.29 is 9.84 Å². The molecule has 1 N–H and O–H groups in total. The van der Waals surface area contributed by atoms with Crippen LogP contribution in [0, 0.1) is 0 Å². The molecule has 0 saturated heterocycles. The van der Waals surface area contributed by atoms with Gasteiger partial charge in [0.05, 0.1) is 19.0 Å². The molecule has 0 amide bonds. The smallest absolute Gasteiger partial charge is 0.219 e. The van der Waals surface area contributed by atoms with Crippen molar-refractivity contribution in [1.82, 2.24) is 14.8 Å². The van der Waals surface area contributed by atoms with Crippen molar-refractivity contribution in [3.8, 4) is 11.6 Å². The van der Waals surface area contributed by atoms with E-state index >= 15 is 0 Å². The number of hydrogen-bond donors (Lipinski definition) is 1. The maximum atomic E-state index is 9.19. The van der Waals surface area contributed by atoms with E-state index in [-0.39, 0.29) is 6.61 Å². The minimum Gasteiger partial charge on any atom is -0.436 e. The Balaban J connectivity index is 2.22. The Labute approximate surface area is 106 Å². The predicted octanol–water partition coefficient (Wildman–Crippen LogP) is 2.14. The van der Waals surface area contributed by atoms with E-state index in [9.17, 15) is 5.11 Å². The van der Waals surface area contributed by atoms with Crippen LogP contribution in [0.15, 0.2) is 24.5 Å². The molecule has 2 heterocycles. The lowest BCUT2D eigenvalue weighted by Gasteiger charge is -2.06. The number of aromatic nitrogens is 3. The summed E-state index contributed by atoms with van der Waals surface area (Å²) < 4.78 is 7.42. The molecular formula is C13H17N3O2. The molecule has 0 aliphatic rings. The fourth-order valence-corrected chi connectivity index (χ4v) is 1.64. The maximum absolute atomic E-state index is 9.19. The molecule has 18 heavy (non-hydrogen) atoms. The normalized spacial score (nSPS) is 10.6. The Morgan fingerprint density at radius 3 is 2.78 bits per heavy atom. The van der Waals surface area contributed by atoms with Gasteiger partial charge in [0.25, 0.3) is 0 Å². The van der Waals surface area contributed by atoms with E-state index in [1.807, 2.05) is 26.1 Å². The molecule has 0 aromatic carbocycles. The van der Waals surface area contributed by atoms with Gasteiger partial charge < -0.3 is 9.84 Å². The highest BCUT2D eigenvalue weighted by Crippen LogP contribution is 2.20. The first-order chi connectivity index (χ1) is 8.75. The summed E-state index contributed by atoms with van der Waals surface area (Å²) in [5.74, 6) is 1.15. The van der Waals surface area contributed by atoms with Gasteiger partial charge in [-0.05, 0) is 25.0 Å². The van der Waals surface area contributed by atoms with E-state index in [0.29, 0.717) is 11.6 Å². The average Bonchev–Trinajstić information content (AvgIpc) is 2.85. The van der Waals surface area contributed by atoms with Gasteiger partial charge in [-0.2, -0.15) is 5.10 Å². The summed E-state index contributed by atoms with van der Waals surface area (Å²) in [6.07, 6.45) is 4.28. The second-order valence-electron chi connectivity index (χ2n) is 3.95. The van der Waals surface area contributed by atoms with E-state index in [2.05, 4.69) is 10.1 Å². The first-order valence-electron chi connectivity index (χ1n) is 6.06. The highest BCUT2D eigenvalue weighted by molar-refractivity contribution is 5.28. The van der Waals surface area contributed by atoms with Gasteiger partial charge in [-0.3, -0.25) is 4.68 Å². The van der Waals surface area contributed by atoms with Crippen LogP contribution in [0.4, 0.5) is 0 Å². The maximum Gasteiger partial charge on any atom is 0.219 e. The predicted molar refractivity (Wildman–Crippen MR) is 67.5 cm³/mol. The van der Waals surface area contributed by atoms with Crippen molar-refractivity contribution in [3.05, 3.63) is 35.8 Å². The van der Waals surface area contributed by atoms with Gasteiger partial charge >= 0.3 is 0 Å². The van der Waals surface area contributed by atoms with Gasteiger partial charge in [-0.15, -0.1) is 0 Å². The third-order valence-electron chi connectivity index (χ3n) is 2.62. The van der Waals surface area contributed by atoms with Gasteiger partial charge in [0.15, 0.2) is 5.75 Å². The number of rotatable bonds is 5. The third kappa shape index (κ3) is 2.87. The number of aliphatic hydroxyl groups is 1. The minimum atomic E-state index is -0.0138. The molecule has 0 bridgehead atoms. The molecule has 5 nitrogen and oxygen atoms in total. The first kappa shape index (κ1) is 12.6.